The third-order valence-electron chi connectivity index (χ3n) is 8.87. The van der Waals surface area contributed by atoms with Crippen molar-refractivity contribution >= 4 is 22.6 Å². The molecule has 0 saturated carbocycles. The highest BCUT2D eigenvalue weighted by molar-refractivity contribution is 6.74. The Morgan fingerprint density at radius 2 is 1.34 bits per heavy atom. The summed E-state index contributed by atoms with van der Waals surface area (Å²) in [5.74, 6) is -1.36. The number of carbonyl (C=O) groups excluding carboxylic acids is 1. The van der Waals surface area contributed by atoms with Crippen molar-refractivity contribution in [3.8, 4) is 0 Å². The largest absolute Gasteiger partial charge is 0.453 e. The maximum absolute atomic E-state index is 13.5. The van der Waals surface area contributed by atoms with Gasteiger partial charge in [-0.05, 0) is 67.8 Å². The van der Waals surface area contributed by atoms with E-state index in [1.807, 2.05) is 50.2 Å². The second-order valence-corrected chi connectivity index (χ2v) is 24.2. The molecule has 6 nitrogen and oxygen atoms in total. The van der Waals surface area contributed by atoms with Crippen LogP contribution < -0.4 is 0 Å². The monoisotopic (exact) mass is 600 g/mol. The van der Waals surface area contributed by atoms with Crippen LogP contribution in [0.1, 0.15) is 77.4 Å². The zero-order valence-corrected chi connectivity index (χ0v) is 29.2. The van der Waals surface area contributed by atoms with Crippen molar-refractivity contribution in [3.05, 3.63) is 71.8 Å². The SMILES string of the molecule is CC1(C)O[C@H]([C@H](CO[Si](C)(C)C(C)(C)C)OC(=O)c2ccccc2)[C@H](O[Si](C)(C)C(C)(C)C)[C@@H](c2ccccc2)O1. The predicted molar refractivity (Wildman–Crippen MR) is 170 cm³/mol. The molecule has 0 bridgehead atoms. The van der Waals surface area contributed by atoms with Gasteiger partial charge in [0.1, 0.15) is 18.3 Å². The highest BCUT2D eigenvalue weighted by Gasteiger charge is 2.53. The Bertz CT molecular complexity index is 1140. The lowest BCUT2D eigenvalue weighted by Crippen LogP contribution is -2.61. The van der Waals surface area contributed by atoms with E-state index in [0.29, 0.717) is 5.56 Å². The molecular weight excluding hydrogens is 549 g/mol. The van der Waals surface area contributed by atoms with Gasteiger partial charge in [0.05, 0.1) is 12.2 Å². The lowest BCUT2D eigenvalue weighted by molar-refractivity contribution is -0.345. The Morgan fingerprint density at radius 1 is 0.829 bits per heavy atom. The molecule has 0 aliphatic carbocycles. The van der Waals surface area contributed by atoms with Gasteiger partial charge in [-0.2, -0.15) is 0 Å². The summed E-state index contributed by atoms with van der Waals surface area (Å²) >= 11 is 0. The molecule has 0 unspecified atom stereocenters. The first kappa shape index (κ1) is 33.7. The molecule has 2 aromatic carbocycles. The fourth-order valence-corrected chi connectivity index (χ4v) is 6.59. The average Bonchev–Trinajstić information content (AvgIpc) is 2.86. The van der Waals surface area contributed by atoms with Crippen LogP contribution in [0.3, 0.4) is 0 Å². The third kappa shape index (κ3) is 8.39. The minimum atomic E-state index is -2.33. The van der Waals surface area contributed by atoms with Crippen molar-refractivity contribution in [2.75, 3.05) is 6.61 Å². The van der Waals surface area contributed by atoms with Gasteiger partial charge < -0.3 is 23.1 Å². The summed E-state index contributed by atoms with van der Waals surface area (Å²) in [4.78, 5) is 13.5. The van der Waals surface area contributed by atoms with Gasteiger partial charge in [-0.1, -0.05) is 90.1 Å². The maximum atomic E-state index is 13.5. The first-order chi connectivity index (χ1) is 18.7. The van der Waals surface area contributed by atoms with E-state index in [9.17, 15) is 4.79 Å². The summed E-state index contributed by atoms with van der Waals surface area (Å²) in [6.07, 6.45) is -2.30. The predicted octanol–water partition coefficient (Wildman–Crippen LogP) is 8.52. The van der Waals surface area contributed by atoms with Crippen molar-refractivity contribution in [1.82, 2.24) is 0 Å². The normalized spacial score (nSPS) is 22.7. The molecule has 4 atom stereocenters. The highest BCUT2D eigenvalue weighted by Crippen LogP contribution is 2.45. The van der Waals surface area contributed by atoms with E-state index in [-0.39, 0.29) is 16.7 Å². The fourth-order valence-electron chi connectivity index (χ4n) is 4.28. The van der Waals surface area contributed by atoms with E-state index in [2.05, 4.69) is 79.9 Å². The molecule has 2 aromatic rings. The number of carbonyl (C=O) groups is 1. The van der Waals surface area contributed by atoms with Gasteiger partial charge >= 0.3 is 5.97 Å². The Balaban J connectivity index is 2.11. The second kappa shape index (κ2) is 12.4. The Hall–Kier alpha value is -1.82. The molecule has 1 aliphatic rings. The van der Waals surface area contributed by atoms with Crippen LogP contribution in [0, 0.1) is 0 Å². The lowest BCUT2D eigenvalue weighted by atomic mass is 9.95. The van der Waals surface area contributed by atoms with Gasteiger partial charge in [-0.15, -0.1) is 0 Å². The molecule has 228 valence electrons. The van der Waals surface area contributed by atoms with Crippen molar-refractivity contribution in [1.29, 1.82) is 0 Å². The summed E-state index contributed by atoms with van der Waals surface area (Å²) in [5.41, 5.74) is 1.48. The van der Waals surface area contributed by atoms with Crippen molar-refractivity contribution in [2.24, 2.45) is 0 Å². The number of rotatable bonds is 9. The van der Waals surface area contributed by atoms with Gasteiger partial charge in [-0.3, -0.25) is 0 Å². The lowest BCUT2D eigenvalue weighted by Gasteiger charge is -2.51. The molecule has 1 heterocycles. The molecule has 1 aliphatic heterocycles. The van der Waals surface area contributed by atoms with Gasteiger partial charge in [0.2, 0.25) is 0 Å². The summed E-state index contributed by atoms with van der Waals surface area (Å²) < 4.78 is 33.4. The van der Waals surface area contributed by atoms with Crippen LogP contribution in [0.2, 0.25) is 36.3 Å². The quantitative estimate of drug-likeness (QED) is 0.212. The van der Waals surface area contributed by atoms with E-state index in [1.165, 1.54) is 0 Å². The molecule has 0 spiro atoms. The minimum absolute atomic E-state index is 0.0135. The molecule has 0 amide bonds. The minimum Gasteiger partial charge on any atom is -0.453 e. The van der Waals surface area contributed by atoms with Crippen LogP contribution in [-0.2, 0) is 23.1 Å². The third-order valence-corrected chi connectivity index (χ3v) is 17.8. The van der Waals surface area contributed by atoms with E-state index >= 15 is 0 Å². The summed E-state index contributed by atoms with van der Waals surface area (Å²) in [7, 11) is -4.51. The van der Waals surface area contributed by atoms with Crippen molar-refractivity contribution in [3.63, 3.8) is 0 Å². The summed E-state index contributed by atoms with van der Waals surface area (Å²) in [6, 6.07) is 19.2. The molecule has 1 saturated heterocycles. The summed E-state index contributed by atoms with van der Waals surface area (Å²) in [5, 5.41) is -0.0694. The number of hydrogen-bond acceptors (Lipinski definition) is 6. The Morgan fingerprint density at radius 3 is 1.85 bits per heavy atom. The number of esters is 1. The van der Waals surface area contributed by atoms with Gasteiger partial charge in [0, 0.05) is 0 Å². The number of benzene rings is 2. The molecule has 0 radical (unpaired) electrons. The topological polar surface area (TPSA) is 63.2 Å². The van der Waals surface area contributed by atoms with Crippen LogP contribution in [0.25, 0.3) is 0 Å². The average molecular weight is 601 g/mol. The Kier molecular flexibility index (Phi) is 10.2. The zero-order valence-electron chi connectivity index (χ0n) is 27.2. The van der Waals surface area contributed by atoms with E-state index in [4.69, 9.17) is 23.1 Å². The van der Waals surface area contributed by atoms with Crippen molar-refractivity contribution in [2.45, 2.75) is 122 Å². The molecule has 3 rings (SSSR count). The molecule has 41 heavy (non-hydrogen) atoms. The fraction of sp³-hybridized carbons (Fsp3) is 0.606. The highest BCUT2D eigenvalue weighted by atomic mass is 28.4. The molecule has 0 N–H and O–H groups in total. The van der Waals surface area contributed by atoms with Crippen LogP contribution in [-0.4, -0.2) is 53.3 Å². The van der Waals surface area contributed by atoms with E-state index < -0.39 is 52.8 Å². The number of hydrogen-bond donors (Lipinski definition) is 0. The van der Waals surface area contributed by atoms with Gasteiger partial charge in [0.15, 0.2) is 28.5 Å². The van der Waals surface area contributed by atoms with Gasteiger partial charge in [0.25, 0.3) is 0 Å². The first-order valence-electron chi connectivity index (χ1n) is 14.7. The van der Waals surface area contributed by atoms with Crippen LogP contribution in [0.5, 0.6) is 0 Å². The molecular formula is C33H52O6Si2. The molecule has 1 fully saturated rings. The maximum Gasteiger partial charge on any atom is 0.338 e. The number of ether oxygens (including phenoxy) is 3. The zero-order chi connectivity index (χ0) is 30.9. The van der Waals surface area contributed by atoms with Crippen LogP contribution >= 0.6 is 0 Å². The van der Waals surface area contributed by atoms with Crippen LogP contribution in [0.15, 0.2) is 60.7 Å². The van der Waals surface area contributed by atoms with E-state index in [1.54, 1.807) is 12.1 Å². The van der Waals surface area contributed by atoms with Gasteiger partial charge in [-0.25, -0.2) is 4.79 Å². The Labute approximate surface area is 250 Å². The second-order valence-electron chi connectivity index (χ2n) is 14.7. The molecule has 8 heteroatoms. The standard InChI is InChI=1S/C33H52O6Si2/c1-31(2,3)40(9,10)35-23-26(36-30(34)25-21-17-14-18-22-25)28-29(39-41(11,12)32(4,5)6)27(37-33(7,8)38-28)24-19-15-13-16-20-24/h13-22,26-29H,23H2,1-12H3/t26-,27+,28+,29+/m0/s1. The smallest absolute Gasteiger partial charge is 0.338 e. The molecule has 0 aromatic heterocycles. The van der Waals surface area contributed by atoms with Crippen molar-refractivity contribution < 1.29 is 27.9 Å². The first-order valence-corrected chi connectivity index (χ1v) is 20.5. The van der Waals surface area contributed by atoms with E-state index in [0.717, 1.165) is 5.56 Å². The van der Waals surface area contributed by atoms with Crippen LogP contribution in [0.4, 0.5) is 0 Å². The summed E-state index contributed by atoms with van der Waals surface area (Å²) in [6.45, 7) is 26.1.